The van der Waals surface area contributed by atoms with Gasteiger partial charge in [0.1, 0.15) is 24.2 Å². The van der Waals surface area contributed by atoms with Crippen LogP contribution in [0, 0.1) is 0 Å². The molecule has 0 aliphatic carbocycles. The molecule has 15 nitrogen and oxygen atoms in total. The lowest BCUT2D eigenvalue weighted by molar-refractivity contribution is -0.144. The van der Waals surface area contributed by atoms with Crippen molar-refractivity contribution in [2.45, 2.75) is 62.7 Å². The summed E-state index contributed by atoms with van der Waals surface area (Å²) < 4.78 is 0. The van der Waals surface area contributed by atoms with Crippen LogP contribution < -0.4 is 27.8 Å². The fourth-order valence-corrected chi connectivity index (χ4v) is 3.43. The number of carboxylic acid groups (broad SMARTS) is 2. The van der Waals surface area contributed by atoms with Crippen LogP contribution in [0.1, 0.15) is 38.5 Å². The van der Waals surface area contributed by atoms with Gasteiger partial charge in [0.15, 0.2) is 5.96 Å². The quantitative estimate of drug-likeness (QED) is 0.0670. The molecule has 0 aromatic rings. The van der Waals surface area contributed by atoms with E-state index in [2.05, 4.69) is 15.6 Å². The van der Waals surface area contributed by atoms with E-state index >= 15 is 0 Å². The molecule has 1 heterocycles. The zero-order chi connectivity index (χ0) is 25.8. The van der Waals surface area contributed by atoms with Crippen molar-refractivity contribution in [2.75, 3.05) is 19.7 Å². The second-order valence-corrected chi connectivity index (χ2v) is 7.82. The minimum Gasteiger partial charge on any atom is -0.481 e. The number of rotatable bonds is 14. The highest BCUT2D eigenvalue weighted by molar-refractivity contribution is 5.94. The number of aliphatic hydroxyl groups is 1. The number of hydrogen-bond acceptors (Lipinski definition) is 8. The highest BCUT2D eigenvalue weighted by Crippen LogP contribution is 2.19. The Morgan fingerprint density at radius 3 is 2.29 bits per heavy atom. The van der Waals surface area contributed by atoms with E-state index in [1.807, 2.05) is 0 Å². The van der Waals surface area contributed by atoms with Crippen LogP contribution in [-0.4, -0.2) is 99.7 Å². The van der Waals surface area contributed by atoms with Gasteiger partial charge in [-0.3, -0.25) is 24.2 Å². The predicted molar refractivity (Wildman–Crippen MR) is 118 cm³/mol. The average Bonchev–Trinajstić information content (AvgIpc) is 3.26. The minimum absolute atomic E-state index is 0.0381. The topological polar surface area (TPSA) is 264 Å². The Bertz CT molecular complexity index is 787. The molecule has 0 aromatic carbocycles. The molecular weight excluding hydrogens is 454 g/mol. The Morgan fingerprint density at radius 1 is 1.06 bits per heavy atom. The number of nitrogens with one attached hydrogen (secondary N) is 2. The summed E-state index contributed by atoms with van der Waals surface area (Å²) in [6, 6.07) is -4.77. The molecule has 4 unspecified atom stereocenters. The van der Waals surface area contributed by atoms with E-state index in [1.54, 1.807) is 0 Å². The maximum Gasteiger partial charge on any atom is 0.326 e. The van der Waals surface area contributed by atoms with Gasteiger partial charge in [-0.15, -0.1) is 0 Å². The molecular formula is C19H33N7O8. The normalized spacial score (nSPS) is 17.8. The Kier molecular flexibility index (Phi) is 11.7. The molecule has 3 amide bonds. The van der Waals surface area contributed by atoms with E-state index < -0.39 is 66.9 Å². The van der Waals surface area contributed by atoms with Crippen LogP contribution in [0.15, 0.2) is 4.99 Å². The van der Waals surface area contributed by atoms with Crippen molar-refractivity contribution in [2.24, 2.45) is 22.2 Å². The molecule has 34 heavy (non-hydrogen) atoms. The summed E-state index contributed by atoms with van der Waals surface area (Å²) in [5.41, 5.74) is 16.1. The molecule has 0 bridgehead atoms. The van der Waals surface area contributed by atoms with Gasteiger partial charge in [-0.25, -0.2) is 4.79 Å². The van der Waals surface area contributed by atoms with E-state index in [0.29, 0.717) is 12.8 Å². The van der Waals surface area contributed by atoms with Gasteiger partial charge in [-0.1, -0.05) is 0 Å². The Balaban J connectivity index is 2.95. The lowest BCUT2D eigenvalue weighted by atomic mass is 10.1. The molecule has 192 valence electrons. The van der Waals surface area contributed by atoms with E-state index in [4.69, 9.17) is 27.4 Å². The zero-order valence-corrected chi connectivity index (χ0v) is 18.7. The Labute approximate surface area is 195 Å². The van der Waals surface area contributed by atoms with Gasteiger partial charge in [-0.05, 0) is 32.1 Å². The largest absolute Gasteiger partial charge is 0.481 e. The summed E-state index contributed by atoms with van der Waals surface area (Å²) in [5.74, 6) is -4.90. The van der Waals surface area contributed by atoms with Crippen LogP contribution in [0.2, 0.25) is 0 Å². The van der Waals surface area contributed by atoms with Crippen molar-refractivity contribution in [3.63, 3.8) is 0 Å². The third kappa shape index (κ3) is 9.19. The number of hydrogen-bond donors (Lipinski definition) is 8. The van der Waals surface area contributed by atoms with E-state index in [-0.39, 0.29) is 38.3 Å². The number of aliphatic hydroxyl groups excluding tert-OH is 1. The smallest absolute Gasteiger partial charge is 0.326 e. The van der Waals surface area contributed by atoms with Crippen molar-refractivity contribution in [3.05, 3.63) is 0 Å². The van der Waals surface area contributed by atoms with Crippen LogP contribution in [0.5, 0.6) is 0 Å². The molecule has 1 rings (SSSR count). The molecule has 4 atom stereocenters. The van der Waals surface area contributed by atoms with Gasteiger partial charge >= 0.3 is 11.9 Å². The number of carbonyl (C=O) groups excluding carboxylic acids is 3. The maximum atomic E-state index is 12.9. The molecule has 0 aromatic heterocycles. The summed E-state index contributed by atoms with van der Waals surface area (Å²) in [6.45, 7) is -0.197. The molecule has 1 fully saturated rings. The SMILES string of the molecule is NC(N)=NCCCC(NC(=O)C1CCCN1C(=O)C(N)CO)C(=O)NC(CCC(=O)O)C(=O)O. The number of amides is 3. The van der Waals surface area contributed by atoms with Crippen LogP contribution in [0.25, 0.3) is 0 Å². The van der Waals surface area contributed by atoms with Crippen molar-refractivity contribution < 1.29 is 39.3 Å². The number of carbonyl (C=O) groups is 5. The number of aliphatic imine (C=N–C) groups is 1. The summed E-state index contributed by atoms with van der Waals surface area (Å²) in [7, 11) is 0. The third-order valence-electron chi connectivity index (χ3n) is 5.19. The fraction of sp³-hybridized carbons (Fsp3) is 0.684. The van der Waals surface area contributed by atoms with Gasteiger partial charge in [0.25, 0.3) is 0 Å². The number of likely N-dealkylation sites (tertiary alicyclic amines) is 1. The van der Waals surface area contributed by atoms with Crippen molar-refractivity contribution >= 4 is 35.6 Å². The summed E-state index contributed by atoms with van der Waals surface area (Å²) >= 11 is 0. The van der Waals surface area contributed by atoms with Crippen molar-refractivity contribution in [3.8, 4) is 0 Å². The summed E-state index contributed by atoms with van der Waals surface area (Å²) in [6.07, 6.45) is 0.286. The van der Waals surface area contributed by atoms with E-state index in [0.717, 1.165) is 0 Å². The Morgan fingerprint density at radius 2 is 1.74 bits per heavy atom. The Hall–Kier alpha value is -3.46. The minimum atomic E-state index is -1.48. The van der Waals surface area contributed by atoms with Crippen LogP contribution in [0.3, 0.4) is 0 Å². The summed E-state index contributed by atoms with van der Waals surface area (Å²) in [5, 5.41) is 32.0. The predicted octanol–water partition coefficient (Wildman–Crippen LogP) is -3.73. The molecule has 15 heteroatoms. The standard InChI is InChI=1S/C19H33N7O8/c20-10(9-27)17(32)26-8-2-4-13(26)16(31)24-11(3-1-7-23-19(21)22)15(30)25-12(18(33)34)5-6-14(28)29/h10-13,27H,1-9,20H2,(H,24,31)(H,25,30)(H,28,29)(H,33,34)(H4,21,22,23). The van der Waals surface area contributed by atoms with Crippen molar-refractivity contribution in [1.29, 1.82) is 0 Å². The van der Waals surface area contributed by atoms with Gasteiger partial charge in [0, 0.05) is 19.5 Å². The van der Waals surface area contributed by atoms with Gasteiger partial charge in [0.05, 0.1) is 6.61 Å². The fourth-order valence-electron chi connectivity index (χ4n) is 3.43. The third-order valence-corrected chi connectivity index (χ3v) is 5.19. The molecule has 0 saturated carbocycles. The number of nitrogens with two attached hydrogens (primary N) is 3. The monoisotopic (exact) mass is 487 g/mol. The first-order valence-corrected chi connectivity index (χ1v) is 10.8. The lowest BCUT2D eigenvalue weighted by Crippen LogP contribution is -2.57. The van der Waals surface area contributed by atoms with Crippen LogP contribution in [0.4, 0.5) is 0 Å². The van der Waals surface area contributed by atoms with Crippen LogP contribution in [-0.2, 0) is 24.0 Å². The highest BCUT2D eigenvalue weighted by Gasteiger charge is 2.37. The summed E-state index contributed by atoms with van der Waals surface area (Å²) in [4.78, 5) is 65.3. The van der Waals surface area contributed by atoms with E-state index in [9.17, 15) is 29.1 Å². The zero-order valence-electron chi connectivity index (χ0n) is 18.7. The van der Waals surface area contributed by atoms with Gasteiger partial charge in [0.2, 0.25) is 17.7 Å². The number of guanidine groups is 1. The lowest BCUT2D eigenvalue weighted by Gasteiger charge is -2.28. The molecule has 0 spiro atoms. The second kappa shape index (κ2) is 13.9. The van der Waals surface area contributed by atoms with E-state index in [1.165, 1.54) is 4.90 Å². The van der Waals surface area contributed by atoms with Gasteiger partial charge in [-0.2, -0.15) is 0 Å². The molecule has 1 aliphatic rings. The average molecular weight is 488 g/mol. The highest BCUT2D eigenvalue weighted by atomic mass is 16.4. The maximum absolute atomic E-state index is 12.9. The van der Waals surface area contributed by atoms with Crippen molar-refractivity contribution in [1.82, 2.24) is 15.5 Å². The van der Waals surface area contributed by atoms with Crippen LogP contribution >= 0.6 is 0 Å². The first-order valence-electron chi connectivity index (χ1n) is 10.8. The van der Waals surface area contributed by atoms with Gasteiger partial charge < -0.3 is 48.1 Å². The first kappa shape index (κ1) is 28.6. The molecule has 11 N–H and O–H groups in total. The molecule has 1 saturated heterocycles. The first-order chi connectivity index (χ1) is 16.0. The number of carboxylic acids is 2. The number of aliphatic carboxylic acids is 2. The number of nitrogens with zero attached hydrogens (tertiary/aromatic N) is 2. The molecule has 0 radical (unpaired) electrons. The molecule has 1 aliphatic heterocycles. The second-order valence-electron chi connectivity index (χ2n) is 7.82.